The van der Waals surface area contributed by atoms with E-state index in [2.05, 4.69) is 113 Å². The summed E-state index contributed by atoms with van der Waals surface area (Å²) in [5.74, 6) is 0.292. The lowest BCUT2D eigenvalue weighted by Crippen LogP contribution is -2.45. The van der Waals surface area contributed by atoms with Gasteiger partial charge in [0.1, 0.15) is 11.7 Å². The topological polar surface area (TPSA) is 54.0 Å². The van der Waals surface area contributed by atoms with Gasteiger partial charge in [0.15, 0.2) is 8.32 Å². The van der Waals surface area contributed by atoms with Crippen LogP contribution in [0.25, 0.3) is 0 Å². The first kappa shape index (κ1) is 36.1. The molecule has 0 N–H and O–H groups in total. The van der Waals surface area contributed by atoms with Gasteiger partial charge in [-0.15, -0.1) is 0 Å². The minimum Gasteiger partial charge on any atom is -0.431 e. The minimum atomic E-state index is -2.28. The predicted octanol–water partition coefficient (Wildman–Crippen LogP) is 11.1. The van der Waals surface area contributed by atoms with E-state index in [1.165, 1.54) is 0 Å². The highest BCUT2D eigenvalue weighted by atomic mass is 35.5. The molecule has 256 valence electrons. The first-order valence-electron chi connectivity index (χ1n) is 17.3. The lowest BCUT2D eigenvalue weighted by Gasteiger charge is -2.39. The summed E-state index contributed by atoms with van der Waals surface area (Å²) in [4.78, 5) is 13.6. The molecule has 3 aromatic carbocycles. The number of rotatable bonds is 8. The van der Waals surface area contributed by atoms with Gasteiger partial charge in [0.25, 0.3) is 0 Å². The number of carbonyl (C=O) groups excluding carboxylic acids is 1. The molecule has 3 aromatic rings. The van der Waals surface area contributed by atoms with Crippen molar-refractivity contribution in [2.24, 2.45) is 11.8 Å². The zero-order valence-corrected chi connectivity index (χ0v) is 31.0. The average molecular weight is 687 g/mol. The van der Waals surface area contributed by atoms with E-state index in [0.29, 0.717) is 18.9 Å². The van der Waals surface area contributed by atoms with Crippen LogP contribution in [0.3, 0.4) is 0 Å². The molecule has 5 nitrogen and oxygen atoms in total. The second kappa shape index (κ2) is 15.6. The summed E-state index contributed by atoms with van der Waals surface area (Å²) in [6.45, 7) is 13.2. The molecular weight excluding hydrogens is 636 g/mol. The molecule has 48 heavy (non-hydrogen) atoms. The van der Waals surface area contributed by atoms with E-state index in [1.807, 2.05) is 31.2 Å². The Morgan fingerprint density at radius 1 is 0.812 bits per heavy atom. The third-order valence-corrected chi connectivity index (χ3v) is 15.1. The highest BCUT2D eigenvalue weighted by molar-refractivity contribution is 6.74. The fraction of sp³-hybridized carbons (Fsp3) is 0.439. The van der Waals surface area contributed by atoms with Crippen molar-refractivity contribution >= 4 is 26.1 Å². The zero-order valence-electron chi connectivity index (χ0n) is 29.3. The summed E-state index contributed by atoms with van der Waals surface area (Å²) in [7, 11) is -2.28. The van der Waals surface area contributed by atoms with Crippen LogP contribution < -0.4 is 0 Å². The molecular formula is C41H51ClO5Si. The average Bonchev–Trinajstić information content (AvgIpc) is 3.45. The van der Waals surface area contributed by atoms with Crippen molar-refractivity contribution in [2.75, 3.05) is 6.61 Å². The quantitative estimate of drug-likeness (QED) is 0.102. The van der Waals surface area contributed by atoms with Crippen LogP contribution in [-0.2, 0) is 24.2 Å². The number of benzene rings is 3. The molecule has 0 spiro atoms. The molecule has 1 aliphatic carbocycles. The summed E-state index contributed by atoms with van der Waals surface area (Å²) < 4.78 is 26.1. The first-order valence-corrected chi connectivity index (χ1v) is 20.5. The Labute approximate surface area is 293 Å². The number of hydrogen-bond donors (Lipinski definition) is 0. The molecule has 0 amide bonds. The third-order valence-electron chi connectivity index (χ3n) is 10.4. The largest absolute Gasteiger partial charge is 0.511 e. The number of carbonyl (C=O) groups is 1. The summed E-state index contributed by atoms with van der Waals surface area (Å²) >= 11 is 6.72. The van der Waals surface area contributed by atoms with Gasteiger partial charge in [0.2, 0.25) is 6.29 Å². The third kappa shape index (κ3) is 8.52. The lowest BCUT2D eigenvalue weighted by atomic mass is 9.80. The van der Waals surface area contributed by atoms with Crippen LogP contribution >= 0.6 is 11.6 Å². The number of allylic oxidation sites excluding steroid dienone is 3. The maximum Gasteiger partial charge on any atom is 0.511 e. The highest BCUT2D eigenvalue weighted by Gasteiger charge is 2.44. The molecule has 2 bridgehead atoms. The summed E-state index contributed by atoms with van der Waals surface area (Å²) in [5, 5.41) is 0.788. The van der Waals surface area contributed by atoms with E-state index < -0.39 is 26.4 Å². The fourth-order valence-corrected chi connectivity index (χ4v) is 7.88. The van der Waals surface area contributed by atoms with Crippen molar-refractivity contribution in [3.8, 4) is 0 Å². The lowest BCUT2D eigenvalue weighted by molar-refractivity contribution is -0.0779. The van der Waals surface area contributed by atoms with Crippen LogP contribution in [0, 0.1) is 11.8 Å². The second-order valence-electron chi connectivity index (χ2n) is 14.8. The Morgan fingerprint density at radius 2 is 1.35 bits per heavy atom. The fourth-order valence-electron chi connectivity index (χ4n) is 6.56. The second-order valence-corrected chi connectivity index (χ2v) is 20.0. The van der Waals surface area contributed by atoms with Crippen molar-refractivity contribution < 1.29 is 23.4 Å². The SMILES string of the molecule is C/C1=C/C/C=C(/Cl)CC[C@H]2C[C@H](COC(c3ccccc3)(c3ccccc3)c3ccccc3)[C@@H](C2)OC(=O)O[C@H]1O[Si](C)(C)C(C)(C)C. The zero-order chi connectivity index (χ0) is 34.4. The van der Waals surface area contributed by atoms with E-state index in [1.54, 1.807) is 0 Å². The van der Waals surface area contributed by atoms with Gasteiger partial charge in [0.05, 0.1) is 6.61 Å². The molecule has 0 aromatic heterocycles. The van der Waals surface area contributed by atoms with Crippen LogP contribution in [0.2, 0.25) is 18.1 Å². The number of hydrogen-bond acceptors (Lipinski definition) is 5. The Hall–Kier alpha value is -3.16. The number of halogens is 1. The maximum atomic E-state index is 13.6. The molecule has 1 fully saturated rings. The highest BCUT2D eigenvalue weighted by Crippen LogP contribution is 2.44. The Bertz CT molecular complexity index is 1450. The molecule has 2 aliphatic rings. The standard InChI is InChI=1S/C41H51ClO5Si/c1-30-17-16-24-36(42)26-25-31-27-32(37(28-31)45-39(43)46-38(30)47-48(5,6)40(2,3)4)29-44-41(33-18-10-7-11-19-33,34-20-12-8-13-21-34)35-22-14-9-15-23-35/h7-15,17-24,31-32,37-38H,16,25-29H2,1-6H3/b30-17-,36-24+/t31-,32+,37+,38-/m0/s1. The van der Waals surface area contributed by atoms with E-state index in [0.717, 1.165) is 53.0 Å². The smallest absolute Gasteiger partial charge is 0.431 e. The molecule has 1 aliphatic heterocycles. The summed E-state index contributed by atoms with van der Waals surface area (Å²) in [5.41, 5.74) is 3.09. The van der Waals surface area contributed by atoms with Gasteiger partial charge >= 0.3 is 6.16 Å². The normalized spacial score (nSPS) is 25.1. The molecule has 7 heteroatoms. The van der Waals surface area contributed by atoms with E-state index >= 15 is 0 Å². The van der Waals surface area contributed by atoms with Gasteiger partial charge in [-0.3, -0.25) is 0 Å². The van der Waals surface area contributed by atoms with Gasteiger partial charge in [-0.2, -0.15) is 0 Å². The van der Waals surface area contributed by atoms with E-state index in [-0.39, 0.29) is 17.1 Å². The van der Waals surface area contributed by atoms with Gasteiger partial charge in [-0.25, -0.2) is 4.79 Å². The number of cyclic esters (lactones) is 1. The van der Waals surface area contributed by atoms with Crippen LogP contribution in [0.1, 0.15) is 76.5 Å². The summed E-state index contributed by atoms with van der Waals surface area (Å²) in [6, 6.07) is 31.1. The van der Waals surface area contributed by atoms with Gasteiger partial charge in [0, 0.05) is 11.0 Å². The van der Waals surface area contributed by atoms with E-state index in [4.69, 9.17) is 30.2 Å². The first-order chi connectivity index (χ1) is 22.9. The van der Waals surface area contributed by atoms with Crippen LogP contribution in [0.5, 0.6) is 0 Å². The molecule has 0 radical (unpaired) electrons. The maximum absolute atomic E-state index is 13.6. The molecule has 4 atom stereocenters. The van der Waals surface area contributed by atoms with Crippen molar-refractivity contribution in [3.05, 3.63) is 130 Å². The van der Waals surface area contributed by atoms with Gasteiger partial charge < -0.3 is 18.6 Å². The molecule has 1 heterocycles. The van der Waals surface area contributed by atoms with Crippen molar-refractivity contribution in [2.45, 2.75) is 95.9 Å². The van der Waals surface area contributed by atoms with Gasteiger partial charge in [-0.05, 0) is 85.3 Å². The van der Waals surface area contributed by atoms with Crippen molar-refractivity contribution in [1.29, 1.82) is 0 Å². The van der Waals surface area contributed by atoms with Crippen LogP contribution in [0.4, 0.5) is 4.79 Å². The van der Waals surface area contributed by atoms with Crippen LogP contribution in [-0.4, -0.2) is 33.5 Å². The van der Waals surface area contributed by atoms with Crippen molar-refractivity contribution in [1.82, 2.24) is 0 Å². The number of fused-ring (bicyclic) bond motifs is 2. The minimum absolute atomic E-state index is 0.0395. The molecule has 0 saturated heterocycles. The Morgan fingerprint density at radius 3 is 1.88 bits per heavy atom. The van der Waals surface area contributed by atoms with Crippen molar-refractivity contribution in [3.63, 3.8) is 0 Å². The van der Waals surface area contributed by atoms with Gasteiger partial charge in [-0.1, -0.05) is 136 Å². The monoisotopic (exact) mass is 686 g/mol. The molecule has 5 rings (SSSR count). The van der Waals surface area contributed by atoms with E-state index in [9.17, 15) is 4.79 Å². The molecule has 1 saturated carbocycles. The molecule has 0 unspecified atom stereocenters. The Kier molecular flexibility index (Phi) is 11.7. The van der Waals surface area contributed by atoms with Crippen LogP contribution in [0.15, 0.2) is 114 Å². The summed E-state index contributed by atoms with van der Waals surface area (Å²) in [6.07, 6.45) is 6.12. The predicted molar refractivity (Wildman–Crippen MR) is 196 cm³/mol. The Balaban J connectivity index is 1.46. The number of ether oxygens (including phenoxy) is 3.